The first-order valence-corrected chi connectivity index (χ1v) is 10.6. The third kappa shape index (κ3) is 4.12. The van der Waals surface area contributed by atoms with Crippen LogP contribution in [0, 0.1) is 6.92 Å². The Morgan fingerprint density at radius 3 is 2.48 bits per heavy atom. The highest BCUT2D eigenvalue weighted by Gasteiger charge is 2.20. The summed E-state index contributed by atoms with van der Waals surface area (Å²) in [5, 5.41) is 5.76. The van der Waals surface area contributed by atoms with Gasteiger partial charge in [-0.05, 0) is 48.1 Å². The van der Waals surface area contributed by atoms with E-state index in [0.29, 0.717) is 16.4 Å². The van der Waals surface area contributed by atoms with Gasteiger partial charge >= 0.3 is 0 Å². The van der Waals surface area contributed by atoms with Crippen molar-refractivity contribution in [3.8, 4) is 0 Å². The minimum Gasteiger partial charge on any atom is -0.340 e. The van der Waals surface area contributed by atoms with Crippen molar-refractivity contribution >= 4 is 45.5 Å². The molecule has 1 N–H and O–H groups in total. The molecule has 1 amide bonds. The monoisotopic (exact) mass is 429 g/mol. The minimum atomic E-state index is -0.0884. The van der Waals surface area contributed by atoms with Gasteiger partial charge < -0.3 is 10.2 Å². The lowest BCUT2D eigenvalue weighted by molar-refractivity contribution is 0.0994. The molecule has 31 heavy (non-hydrogen) atoms. The van der Waals surface area contributed by atoms with Crippen molar-refractivity contribution in [3.63, 3.8) is 0 Å². The van der Waals surface area contributed by atoms with Crippen LogP contribution >= 0.6 is 11.6 Å². The number of nitrogens with one attached hydrogen (secondary N) is 1. The second kappa shape index (κ2) is 8.78. The van der Waals surface area contributed by atoms with Gasteiger partial charge in [-0.25, -0.2) is 4.98 Å². The van der Waals surface area contributed by atoms with Crippen LogP contribution in [0.1, 0.15) is 28.4 Å². The highest BCUT2D eigenvalue weighted by Crippen LogP contribution is 2.30. The van der Waals surface area contributed by atoms with Crippen LogP contribution in [0.15, 0.2) is 72.9 Å². The Hall–Kier alpha value is -3.37. The molecule has 0 aliphatic carbocycles. The molecule has 0 atom stereocenters. The zero-order chi connectivity index (χ0) is 22.0. The van der Waals surface area contributed by atoms with Crippen LogP contribution in [-0.4, -0.2) is 17.9 Å². The van der Waals surface area contributed by atoms with Crippen molar-refractivity contribution in [1.82, 2.24) is 4.98 Å². The fourth-order valence-corrected chi connectivity index (χ4v) is 3.88. The molecule has 1 heterocycles. The summed E-state index contributed by atoms with van der Waals surface area (Å²) in [7, 11) is 1.81. The zero-order valence-electron chi connectivity index (χ0n) is 17.8. The van der Waals surface area contributed by atoms with Gasteiger partial charge in [-0.1, -0.05) is 67.1 Å². The standard InChI is InChI=1S/C26H24ClN3O/c1-4-18-9-5-8-12-24(18)30(3)26(31)22-16-28-25(21-11-7-6-10-20(21)22)29-19-14-13-17(2)23(27)15-19/h5-16H,4H2,1-3H3,(H,28,29). The van der Waals surface area contributed by atoms with E-state index >= 15 is 0 Å². The van der Waals surface area contributed by atoms with Crippen LogP contribution in [0.2, 0.25) is 5.02 Å². The maximum Gasteiger partial charge on any atom is 0.260 e. The summed E-state index contributed by atoms with van der Waals surface area (Å²) in [4.78, 5) is 19.7. The number of carbonyl (C=O) groups is 1. The number of hydrogen-bond donors (Lipinski definition) is 1. The molecule has 0 fully saturated rings. The molecule has 156 valence electrons. The molecular formula is C26H24ClN3O. The van der Waals surface area contributed by atoms with Crippen LogP contribution in [0.4, 0.5) is 17.2 Å². The van der Waals surface area contributed by atoms with Gasteiger partial charge in [-0.3, -0.25) is 4.79 Å². The molecule has 0 radical (unpaired) electrons. The molecule has 4 rings (SSSR count). The molecule has 0 saturated carbocycles. The lowest BCUT2D eigenvalue weighted by atomic mass is 10.0. The van der Waals surface area contributed by atoms with Crippen LogP contribution in [-0.2, 0) is 6.42 Å². The molecule has 3 aromatic carbocycles. The molecular weight excluding hydrogens is 406 g/mol. The Labute approximate surface area is 187 Å². The van der Waals surface area contributed by atoms with E-state index < -0.39 is 0 Å². The average molecular weight is 430 g/mol. The Bertz CT molecular complexity index is 1270. The van der Waals surface area contributed by atoms with Crippen molar-refractivity contribution in [2.45, 2.75) is 20.3 Å². The number of amides is 1. The normalized spacial score (nSPS) is 10.8. The van der Waals surface area contributed by atoms with E-state index in [1.807, 2.05) is 74.6 Å². The number of aromatic nitrogens is 1. The summed E-state index contributed by atoms with van der Waals surface area (Å²) < 4.78 is 0. The van der Waals surface area contributed by atoms with E-state index in [0.717, 1.165) is 39.7 Å². The quantitative estimate of drug-likeness (QED) is 0.380. The SMILES string of the molecule is CCc1ccccc1N(C)C(=O)c1cnc(Nc2ccc(C)c(Cl)c2)c2ccccc12. The number of benzene rings is 3. The van der Waals surface area contributed by atoms with Gasteiger partial charge in [0.05, 0.1) is 5.56 Å². The van der Waals surface area contributed by atoms with Gasteiger partial charge in [0.2, 0.25) is 0 Å². The Morgan fingerprint density at radius 1 is 1.03 bits per heavy atom. The van der Waals surface area contributed by atoms with Crippen molar-refractivity contribution in [2.75, 3.05) is 17.3 Å². The summed E-state index contributed by atoms with van der Waals surface area (Å²) >= 11 is 6.27. The minimum absolute atomic E-state index is 0.0884. The lowest BCUT2D eigenvalue weighted by Crippen LogP contribution is -2.27. The predicted octanol–water partition coefficient (Wildman–Crippen LogP) is 6.78. The molecule has 0 aliphatic heterocycles. The Kier molecular flexibility index (Phi) is 5.92. The number of hydrogen-bond acceptors (Lipinski definition) is 3. The second-order valence-electron chi connectivity index (χ2n) is 7.50. The fraction of sp³-hybridized carbons (Fsp3) is 0.154. The topological polar surface area (TPSA) is 45.2 Å². The third-order valence-corrected chi connectivity index (χ3v) is 5.91. The van der Waals surface area contributed by atoms with E-state index in [2.05, 4.69) is 23.3 Å². The number of rotatable bonds is 5. The van der Waals surface area contributed by atoms with Crippen LogP contribution in [0.25, 0.3) is 10.8 Å². The van der Waals surface area contributed by atoms with Gasteiger partial charge in [-0.2, -0.15) is 0 Å². The number of pyridine rings is 1. The van der Waals surface area contributed by atoms with Gasteiger partial charge in [0.25, 0.3) is 5.91 Å². The number of halogens is 1. The van der Waals surface area contributed by atoms with E-state index in [9.17, 15) is 4.79 Å². The fourth-order valence-electron chi connectivity index (χ4n) is 3.70. The molecule has 0 saturated heterocycles. The number of aryl methyl sites for hydroxylation is 2. The smallest absolute Gasteiger partial charge is 0.260 e. The van der Waals surface area contributed by atoms with Gasteiger partial charge in [-0.15, -0.1) is 0 Å². The first-order valence-electron chi connectivity index (χ1n) is 10.3. The molecule has 0 aliphatic rings. The van der Waals surface area contributed by atoms with Crippen molar-refractivity contribution < 1.29 is 4.79 Å². The summed E-state index contributed by atoms with van der Waals surface area (Å²) in [5.41, 5.74) is 4.47. The molecule has 1 aromatic heterocycles. The maximum atomic E-state index is 13.4. The van der Waals surface area contributed by atoms with E-state index in [-0.39, 0.29) is 5.91 Å². The summed E-state index contributed by atoms with van der Waals surface area (Å²) in [6.45, 7) is 4.05. The Balaban J connectivity index is 1.74. The van der Waals surface area contributed by atoms with Gasteiger partial charge in [0.15, 0.2) is 0 Å². The van der Waals surface area contributed by atoms with Crippen molar-refractivity contribution in [1.29, 1.82) is 0 Å². The highest BCUT2D eigenvalue weighted by molar-refractivity contribution is 6.31. The summed E-state index contributed by atoms with van der Waals surface area (Å²) in [6, 6.07) is 21.6. The lowest BCUT2D eigenvalue weighted by Gasteiger charge is -2.21. The first kappa shape index (κ1) is 20.9. The summed E-state index contributed by atoms with van der Waals surface area (Å²) in [6.07, 6.45) is 2.50. The number of nitrogens with zero attached hydrogens (tertiary/aromatic N) is 2. The molecule has 0 bridgehead atoms. The Morgan fingerprint density at radius 2 is 1.74 bits per heavy atom. The van der Waals surface area contributed by atoms with Gasteiger partial charge in [0.1, 0.15) is 5.82 Å². The number of para-hydroxylation sites is 1. The van der Waals surface area contributed by atoms with Crippen LogP contribution < -0.4 is 10.2 Å². The third-order valence-electron chi connectivity index (χ3n) is 5.50. The number of fused-ring (bicyclic) bond motifs is 1. The van der Waals surface area contributed by atoms with Gasteiger partial charge in [0, 0.05) is 35.0 Å². The second-order valence-corrected chi connectivity index (χ2v) is 7.91. The molecule has 4 aromatic rings. The summed E-state index contributed by atoms with van der Waals surface area (Å²) in [5.74, 6) is 0.596. The van der Waals surface area contributed by atoms with Crippen molar-refractivity contribution in [3.05, 3.63) is 94.6 Å². The maximum absolute atomic E-state index is 13.4. The van der Waals surface area contributed by atoms with E-state index in [4.69, 9.17) is 11.6 Å². The molecule has 5 heteroatoms. The molecule has 0 unspecified atom stereocenters. The van der Waals surface area contributed by atoms with E-state index in [1.54, 1.807) is 11.1 Å². The first-order chi connectivity index (χ1) is 15.0. The highest BCUT2D eigenvalue weighted by atomic mass is 35.5. The average Bonchev–Trinajstić information content (AvgIpc) is 2.80. The number of carbonyl (C=O) groups excluding carboxylic acids is 1. The predicted molar refractivity (Wildman–Crippen MR) is 130 cm³/mol. The van der Waals surface area contributed by atoms with Crippen molar-refractivity contribution in [2.24, 2.45) is 0 Å². The molecule has 4 nitrogen and oxygen atoms in total. The van der Waals surface area contributed by atoms with Crippen LogP contribution in [0.3, 0.4) is 0 Å². The number of anilines is 3. The molecule has 0 spiro atoms. The largest absolute Gasteiger partial charge is 0.340 e. The zero-order valence-corrected chi connectivity index (χ0v) is 18.6. The van der Waals surface area contributed by atoms with E-state index in [1.165, 1.54) is 0 Å². The van der Waals surface area contributed by atoms with Crippen LogP contribution in [0.5, 0.6) is 0 Å².